The number of rotatable bonds is 7. The Kier molecular flexibility index (Phi) is 8.08. The fourth-order valence-corrected chi connectivity index (χ4v) is 0.751. The lowest BCUT2D eigenvalue weighted by atomic mass is 10.3. The Hall–Kier alpha value is -0.0100. The zero-order chi connectivity index (χ0) is 8.53. The number of hydrogen-bond donors (Lipinski definition) is 0. The van der Waals surface area contributed by atoms with E-state index in [0.717, 1.165) is 26.1 Å². The van der Waals surface area contributed by atoms with E-state index < -0.39 is 0 Å². The summed E-state index contributed by atoms with van der Waals surface area (Å²) < 4.78 is 5.31. The van der Waals surface area contributed by atoms with Crippen LogP contribution < -0.4 is 0 Å². The van der Waals surface area contributed by atoms with Gasteiger partial charge in [-0.05, 0) is 12.8 Å². The molecule has 0 fully saturated rings. The Bertz CT molecular complexity index is 93.6. The van der Waals surface area contributed by atoms with Crippen LogP contribution in [0.4, 0.5) is 0 Å². The van der Waals surface area contributed by atoms with Crippen LogP contribution in [0.25, 0.3) is 0 Å². The molecule has 1 nitrogen and oxygen atoms in total. The monoisotopic (exact) mass is 176 g/mol. The third-order valence-electron chi connectivity index (χ3n) is 1.44. The molecule has 0 rings (SSSR count). The average Bonchev–Trinajstić information content (AvgIpc) is 2.04. The first-order chi connectivity index (χ1) is 5.31. The lowest BCUT2D eigenvalue weighted by Gasteiger charge is -2.04. The molecule has 0 heterocycles. The molecule has 1 atom stereocenters. The summed E-state index contributed by atoms with van der Waals surface area (Å²) >= 11 is 5.78. The SMILES string of the molecule is C=CC(Cl)CCOCCCC. The first-order valence-electron chi connectivity index (χ1n) is 4.15. The van der Waals surface area contributed by atoms with Crippen LogP contribution in [-0.2, 0) is 4.74 Å². The maximum atomic E-state index is 5.78. The van der Waals surface area contributed by atoms with Gasteiger partial charge in [0.1, 0.15) is 0 Å². The molecule has 1 unspecified atom stereocenters. The van der Waals surface area contributed by atoms with Crippen molar-refractivity contribution < 1.29 is 4.74 Å². The van der Waals surface area contributed by atoms with Crippen molar-refractivity contribution in [3.05, 3.63) is 12.7 Å². The summed E-state index contributed by atoms with van der Waals surface area (Å²) in [5.74, 6) is 0. The molecule has 0 aromatic carbocycles. The van der Waals surface area contributed by atoms with Crippen molar-refractivity contribution in [3.63, 3.8) is 0 Å². The van der Waals surface area contributed by atoms with Crippen molar-refractivity contribution in [2.75, 3.05) is 13.2 Å². The van der Waals surface area contributed by atoms with Gasteiger partial charge in [0.2, 0.25) is 0 Å². The molecule has 0 aliphatic carbocycles. The predicted molar refractivity (Wildman–Crippen MR) is 50.2 cm³/mol. The predicted octanol–water partition coefficient (Wildman–Crippen LogP) is 2.99. The third-order valence-corrected chi connectivity index (χ3v) is 1.83. The highest BCUT2D eigenvalue weighted by molar-refractivity contribution is 6.21. The number of alkyl halides is 1. The molecule has 66 valence electrons. The minimum Gasteiger partial charge on any atom is -0.381 e. The molecule has 0 bridgehead atoms. The number of unbranched alkanes of at least 4 members (excludes halogenated alkanes) is 1. The maximum Gasteiger partial charge on any atom is 0.0535 e. The number of ether oxygens (including phenoxy) is 1. The Labute approximate surface area is 74.4 Å². The van der Waals surface area contributed by atoms with Gasteiger partial charge in [0, 0.05) is 13.2 Å². The van der Waals surface area contributed by atoms with Gasteiger partial charge in [0.05, 0.1) is 5.38 Å². The van der Waals surface area contributed by atoms with Gasteiger partial charge in [-0.25, -0.2) is 0 Å². The first-order valence-corrected chi connectivity index (χ1v) is 4.59. The molecule has 0 aromatic heterocycles. The molecule has 2 heteroatoms. The van der Waals surface area contributed by atoms with Crippen molar-refractivity contribution in [1.82, 2.24) is 0 Å². The lowest BCUT2D eigenvalue weighted by molar-refractivity contribution is 0.130. The van der Waals surface area contributed by atoms with Gasteiger partial charge in [-0.3, -0.25) is 0 Å². The standard InChI is InChI=1S/C9H17ClO/c1-3-5-7-11-8-6-9(10)4-2/h4,9H,2-3,5-8H2,1H3. The topological polar surface area (TPSA) is 9.23 Å². The summed E-state index contributed by atoms with van der Waals surface area (Å²) in [6.45, 7) is 7.35. The van der Waals surface area contributed by atoms with E-state index in [-0.39, 0.29) is 5.38 Å². The maximum absolute atomic E-state index is 5.78. The average molecular weight is 177 g/mol. The third kappa shape index (κ3) is 7.89. The molecule has 0 amide bonds. The summed E-state index contributed by atoms with van der Waals surface area (Å²) in [6, 6.07) is 0. The normalized spacial score (nSPS) is 12.9. The quantitative estimate of drug-likeness (QED) is 0.329. The summed E-state index contributed by atoms with van der Waals surface area (Å²) in [5, 5.41) is 0.0663. The van der Waals surface area contributed by atoms with Gasteiger partial charge < -0.3 is 4.74 Å². The molecular formula is C9H17ClO. The van der Waals surface area contributed by atoms with Crippen LogP contribution in [0.1, 0.15) is 26.2 Å². The summed E-state index contributed by atoms with van der Waals surface area (Å²) in [6.07, 6.45) is 4.94. The molecule has 0 saturated carbocycles. The second-order valence-corrected chi connectivity index (χ2v) is 3.07. The van der Waals surface area contributed by atoms with Crippen LogP contribution in [0.3, 0.4) is 0 Å². The molecule has 0 radical (unpaired) electrons. The van der Waals surface area contributed by atoms with E-state index >= 15 is 0 Å². The zero-order valence-corrected chi connectivity index (χ0v) is 7.94. The Morgan fingerprint density at radius 3 is 2.82 bits per heavy atom. The molecule has 0 N–H and O–H groups in total. The van der Waals surface area contributed by atoms with Crippen molar-refractivity contribution in [1.29, 1.82) is 0 Å². The molecular weight excluding hydrogens is 160 g/mol. The minimum absolute atomic E-state index is 0.0663. The van der Waals surface area contributed by atoms with Crippen LogP contribution in [0.5, 0.6) is 0 Å². The number of allylic oxidation sites excluding steroid dienone is 1. The van der Waals surface area contributed by atoms with E-state index in [4.69, 9.17) is 16.3 Å². The molecule has 0 spiro atoms. The summed E-state index contributed by atoms with van der Waals surface area (Å²) in [7, 11) is 0. The Balaban J connectivity index is 2.95. The summed E-state index contributed by atoms with van der Waals surface area (Å²) in [5.41, 5.74) is 0. The van der Waals surface area contributed by atoms with E-state index in [2.05, 4.69) is 13.5 Å². The van der Waals surface area contributed by atoms with Crippen molar-refractivity contribution >= 4 is 11.6 Å². The fourth-order valence-electron chi connectivity index (χ4n) is 0.662. The van der Waals surface area contributed by atoms with Gasteiger partial charge in [-0.15, -0.1) is 18.2 Å². The summed E-state index contributed by atoms with van der Waals surface area (Å²) in [4.78, 5) is 0. The van der Waals surface area contributed by atoms with Gasteiger partial charge in [-0.1, -0.05) is 19.4 Å². The van der Waals surface area contributed by atoms with Crippen LogP contribution >= 0.6 is 11.6 Å². The lowest BCUT2D eigenvalue weighted by Crippen LogP contribution is -2.02. The molecule has 0 aromatic rings. The van der Waals surface area contributed by atoms with Crippen molar-refractivity contribution in [2.24, 2.45) is 0 Å². The number of hydrogen-bond acceptors (Lipinski definition) is 1. The molecule has 0 saturated heterocycles. The zero-order valence-electron chi connectivity index (χ0n) is 7.18. The highest BCUT2D eigenvalue weighted by atomic mass is 35.5. The van der Waals surface area contributed by atoms with Crippen LogP contribution in [0.15, 0.2) is 12.7 Å². The van der Waals surface area contributed by atoms with Gasteiger partial charge in [-0.2, -0.15) is 0 Å². The van der Waals surface area contributed by atoms with Crippen molar-refractivity contribution in [3.8, 4) is 0 Å². The second-order valence-electron chi connectivity index (χ2n) is 2.51. The molecule has 11 heavy (non-hydrogen) atoms. The Morgan fingerprint density at radius 1 is 1.55 bits per heavy atom. The second kappa shape index (κ2) is 8.09. The van der Waals surface area contributed by atoms with E-state index in [1.165, 1.54) is 6.42 Å². The first kappa shape index (κ1) is 11.0. The van der Waals surface area contributed by atoms with Gasteiger partial charge in [0.15, 0.2) is 0 Å². The van der Waals surface area contributed by atoms with Crippen molar-refractivity contribution in [2.45, 2.75) is 31.6 Å². The molecule has 0 aliphatic heterocycles. The highest BCUT2D eigenvalue weighted by Gasteiger charge is 1.96. The highest BCUT2D eigenvalue weighted by Crippen LogP contribution is 2.02. The van der Waals surface area contributed by atoms with Crippen LogP contribution in [0.2, 0.25) is 0 Å². The Morgan fingerprint density at radius 2 is 2.27 bits per heavy atom. The van der Waals surface area contributed by atoms with Crippen LogP contribution in [-0.4, -0.2) is 18.6 Å². The van der Waals surface area contributed by atoms with E-state index in [9.17, 15) is 0 Å². The molecule has 0 aliphatic rings. The van der Waals surface area contributed by atoms with Gasteiger partial charge >= 0.3 is 0 Å². The van der Waals surface area contributed by atoms with Crippen LogP contribution in [0, 0.1) is 0 Å². The largest absolute Gasteiger partial charge is 0.381 e. The van der Waals surface area contributed by atoms with E-state index in [1.807, 2.05) is 0 Å². The van der Waals surface area contributed by atoms with E-state index in [1.54, 1.807) is 6.08 Å². The number of halogens is 1. The fraction of sp³-hybridized carbons (Fsp3) is 0.778. The minimum atomic E-state index is 0.0663. The van der Waals surface area contributed by atoms with Gasteiger partial charge in [0.25, 0.3) is 0 Å². The van der Waals surface area contributed by atoms with E-state index in [0.29, 0.717) is 0 Å². The smallest absolute Gasteiger partial charge is 0.0535 e.